The summed E-state index contributed by atoms with van der Waals surface area (Å²) < 4.78 is 0. The van der Waals surface area contributed by atoms with Gasteiger partial charge < -0.3 is 16.2 Å². The summed E-state index contributed by atoms with van der Waals surface area (Å²) in [6, 6.07) is 0. The molecule has 1 rings (SSSR count). The van der Waals surface area contributed by atoms with Crippen molar-refractivity contribution in [1.82, 2.24) is 5.32 Å². The average Bonchev–Trinajstić information content (AvgIpc) is 2.95. The summed E-state index contributed by atoms with van der Waals surface area (Å²) in [4.78, 5) is 4.25. The molecule has 1 aliphatic rings. The zero-order valence-corrected chi connectivity index (χ0v) is 12.5. The van der Waals surface area contributed by atoms with Gasteiger partial charge in [0.15, 0.2) is 5.96 Å². The predicted octanol–water partition coefficient (Wildman–Crippen LogP) is 1.33. The summed E-state index contributed by atoms with van der Waals surface area (Å²) in [6.45, 7) is 6.12. The standard InChI is InChI=1S/C11H23N3O.HI/c1-9(2)3-6-13-10(12)14-7-11(8-15)4-5-11;/h9,15H,3-8H2,1-2H3,(H3,12,13,14);1H. The van der Waals surface area contributed by atoms with E-state index in [-0.39, 0.29) is 36.0 Å². The van der Waals surface area contributed by atoms with Gasteiger partial charge in [0.05, 0.1) is 13.2 Å². The van der Waals surface area contributed by atoms with Crippen LogP contribution in [-0.4, -0.2) is 30.8 Å². The van der Waals surface area contributed by atoms with E-state index in [0.717, 1.165) is 25.8 Å². The molecule has 0 aromatic heterocycles. The number of rotatable bonds is 6. The second-order valence-corrected chi connectivity index (χ2v) is 4.97. The fourth-order valence-corrected chi connectivity index (χ4v) is 1.34. The van der Waals surface area contributed by atoms with Gasteiger partial charge in [-0.2, -0.15) is 0 Å². The molecule has 0 bridgehead atoms. The average molecular weight is 341 g/mol. The molecule has 1 saturated carbocycles. The quantitative estimate of drug-likeness (QED) is 0.388. The molecule has 5 heteroatoms. The maximum absolute atomic E-state index is 9.09. The minimum atomic E-state index is 0. The van der Waals surface area contributed by atoms with Gasteiger partial charge in [0.25, 0.3) is 0 Å². The number of aliphatic hydroxyl groups excluding tert-OH is 1. The molecule has 0 aromatic rings. The van der Waals surface area contributed by atoms with Crippen molar-refractivity contribution in [2.75, 3.05) is 19.7 Å². The predicted molar refractivity (Wildman–Crippen MR) is 78.1 cm³/mol. The van der Waals surface area contributed by atoms with Gasteiger partial charge >= 0.3 is 0 Å². The van der Waals surface area contributed by atoms with Crippen molar-refractivity contribution in [3.63, 3.8) is 0 Å². The molecule has 0 atom stereocenters. The summed E-state index contributed by atoms with van der Waals surface area (Å²) in [7, 11) is 0. The molecular formula is C11H24IN3O. The largest absolute Gasteiger partial charge is 0.396 e. The number of nitrogens with zero attached hydrogens (tertiary/aromatic N) is 1. The molecule has 0 aromatic carbocycles. The Hall–Kier alpha value is -0.0400. The number of aliphatic hydroxyl groups is 1. The van der Waals surface area contributed by atoms with Gasteiger partial charge in [-0.15, -0.1) is 24.0 Å². The molecule has 4 nitrogen and oxygen atoms in total. The SMILES string of the molecule is CC(C)CCNC(N)=NCC1(CO)CC1.I. The van der Waals surface area contributed by atoms with Crippen LogP contribution in [0.2, 0.25) is 0 Å². The lowest BCUT2D eigenvalue weighted by Crippen LogP contribution is -2.33. The van der Waals surface area contributed by atoms with Gasteiger partial charge in [0.1, 0.15) is 0 Å². The van der Waals surface area contributed by atoms with Gasteiger partial charge in [-0.1, -0.05) is 13.8 Å². The van der Waals surface area contributed by atoms with Crippen LogP contribution in [0.3, 0.4) is 0 Å². The van der Waals surface area contributed by atoms with Crippen molar-refractivity contribution >= 4 is 29.9 Å². The highest BCUT2D eigenvalue weighted by Crippen LogP contribution is 2.45. The van der Waals surface area contributed by atoms with Crippen molar-refractivity contribution in [2.45, 2.75) is 33.1 Å². The highest BCUT2D eigenvalue weighted by Gasteiger charge is 2.41. The third-order valence-corrected chi connectivity index (χ3v) is 2.91. The van der Waals surface area contributed by atoms with E-state index in [1.807, 2.05) is 0 Å². The Morgan fingerprint density at radius 1 is 1.50 bits per heavy atom. The maximum Gasteiger partial charge on any atom is 0.188 e. The molecule has 4 N–H and O–H groups in total. The van der Waals surface area contributed by atoms with Crippen LogP contribution in [-0.2, 0) is 0 Å². The Morgan fingerprint density at radius 3 is 2.56 bits per heavy atom. The van der Waals surface area contributed by atoms with E-state index in [9.17, 15) is 0 Å². The highest BCUT2D eigenvalue weighted by atomic mass is 127. The number of guanidine groups is 1. The fraction of sp³-hybridized carbons (Fsp3) is 0.909. The van der Waals surface area contributed by atoms with Crippen molar-refractivity contribution < 1.29 is 5.11 Å². The lowest BCUT2D eigenvalue weighted by molar-refractivity contribution is 0.217. The molecule has 0 radical (unpaired) electrons. The Bertz CT molecular complexity index is 227. The molecule has 0 aliphatic heterocycles. The van der Waals surface area contributed by atoms with Crippen LogP contribution in [0, 0.1) is 11.3 Å². The second-order valence-electron chi connectivity index (χ2n) is 4.97. The summed E-state index contributed by atoms with van der Waals surface area (Å²) in [6.07, 6.45) is 3.25. The number of nitrogens with two attached hydrogens (primary N) is 1. The van der Waals surface area contributed by atoms with Gasteiger partial charge in [0, 0.05) is 12.0 Å². The smallest absolute Gasteiger partial charge is 0.188 e. The third kappa shape index (κ3) is 5.89. The molecule has 1 fully saturated rings. The maximum atomic E-state index is 9.09. The Balaban J connectivity index is 0.00000225. The lowest BCUT2D eigenvalue weighted by Gasteiger charge is -2.10. The second kappa shape index (κ2) is 7.32. The van der Waals surface area contributed by atoms with Crippen molar-refractivity contribution in [3.8, 4) is 0 Å². The van der Waals surface area contributed by atoms with E-state index in [1.54, 1.807) is 0 Å². The Kier molecular flexibility index (Phi) is 7.30. The first-order valence-corrected chi connectivity index (χ1v) is 5.73. The van der Waals surface area contributed by atoms with Gasteiger partial charge in [-0.05, 0) is 25.2 Å². The normalized spacial score (nSPS) is 18.1. The van der Waals surface area contributed by atoms with Crippen LogP contribution in [0.4, 0.5) is 0 Å². The van der Waals surface area contributed by atoms with Crippen LogP contribution >= 0.6 is 24.0 Å². The van der Waals surface area contributed by atoms with Gasteiger partial charge in [-0.3, -0.25) is 4.99 Å². The number of aliphatic imine (C=N–C) groups is 1. The number of nitrogens with one attached hydrogen (secondary N) is 1. The zero-order chi connectivity index (χ0) is 11.3. The van der Waals surface area contributed by atoms with Gasteiger partial charge in [0.2, 0.25) is 0 Å². The summed E-state index contributed by atoms with van der Waals surface area (Å²) in [5.74, 6) is 1.19. The zero-order valence-electron chi connectivity index (χ0n) is 10.2. The molecule has 0 spiro atoms. The Morgan fingerprint density at radius 2 is 2.12 bits per heavy atom. The monoisotopic (exact) mass is 341 g/mol. The number of halogens is 1. The highest BCUT2D eigenvalue weighted by molar-refractivity contribution is 14.0. The van der Waals surface area contributed by atoms with E-state index < -0.39 is 0 Å². The topological polar surface area (TPSA) is 70.6 Å². The van der Waals surface area contributed by atoms with Gasteiger partial charge in [-0.25, -0.2) is 0 Å². The molecule has 0 saturated heterocycles. The van der Waals surface area contributed by atoms with Crippen LogP contribution in [0.1, 0.15) is 33.1 Å². The van der Waals surface area contributed by atoms with Crippen LogP contribution in [0.25, 0.3) is 0 Å². The molecule has 1 aliphatic carbocycles. The number of hydrogen-bond donors (Lipinski definition) is 3. The number of hydrogen-bond acceptors (Lipinski definition) is 2. The van der Waals surface area contributed by atoms with E-state index >= 15 is 0 Å². The van der Waals surface area contributed by atoms with E-state index in [1.165, 1.54) is 0 Å². The van der Waals surface area contributed by atoms with Crippen molar-refractivity contribution in [1.29, 1.82) is 0 Å². The van der Waals surface area contributed by atoms with Crippen molar-refractivity contribution in [2.24, 2.45) is 22.1 Å². The molecule has 0 unspecified atom stereocenters. The summed E-state index contributed by atoms with van der Waals surface area (Å²) in [5.41, 5.74) is 5.77. The summed E-state index contributed by atoms with van der Waals surface area (Å²) in [5, 5.41) is 12.2. The first-order chi connectivity index (χ1) is 7.08. The van der Waals surface area contributed by atoms with E-state index in [2.05, 4.69) is 24.2 Å². The van der Waals surface area contributed by atoms with Crippen LogP contribution < -0.4 is 11.1 Å². The summed E-state index contributed by atoms with van der Waals surface area (Å²) >= 11 is 0. The van der Waals surface area contributed by atoms with E-state index in [4.69, 9.17) is 10.8 Å². The minimum absolute atomic E-state index is 0. The molecule has 0 heterocycles. The molecular weight excluding hydrogens is 317 g/mol. The molecule has 0 amide bonds. The minimum Gasteiger partial charge on any atom is -0.396 e. The Labute approximate surface area is 115 Å². The third-order valence-electron chi connectivity index (χ3n) is 2.91. The van der Waals surface area contributed by atoms with Crippen molar-refractivity contribution in [3.05, 3.63) is 0 Å². The van der Waals surface area contributed by atoms with Crippen LogP contribution in [0.5, 0.6) is 0 Å². The first-order valence-electron chi connectivity index (χ1n) is 5.73. The molecule has 16 heavy (non-hydrogen) atoms. The lowest BCUT2D eigenvalue weighted by atomic mass is 10.1. The van der Waals surface area contributed by atoms with E-state index in [0.29, 0.717) is 18.4 Å². The first kappa shape index (κ1) is 16.0. The molecule has 96 valence electrons. The van der Waals surface area contributed by atoms with Crippen LogP contribution in [0.15, 0.2) is 4.99 Å². The fourth-order valence-electron chi connectivity index (χ4n) is 1.34.